The number of aromatic nitrogens is 1. The monoisotopic (exact) mass is 306 g/mol. The van der Waals surface area contributed by atoms with Crippen molar-refractivity contribution >= 4 is 11.8 Å². The lowest BCUT2D eigenvalue weighted by molar-refractivity contribution is -0.120. The van der Waals surface area contributed by atoms with Crippen molar-refractivity contribution in [2.24, 2.45) is 21.9 Å². The van der Waals surface area contributed by atoms with Crippen LogP contribution in [0.4, 0.5) is 0 Å². The van der Waals surface area contributed by atoms with Gasteiger partial charge in [-0.3, -0.25) is 14.6 Å². The molecule has 23 heavy (non-hydrogen) atoms. The highest BCUT2D eigenvalue weighted by molar-refractivity contribution is 5.99. The lowest BCUT2D eigenvalue weighted by Gasteiger charge is -2.17. The highest BCUT2D eigenvalue weighted by atomic mass is 16.2. The highest BCUT2D eigenvalue weighted by Gasteiger charge is 2.36. The van der Waals surface area contributed by atoms with Gasteiger partial charge in [0, 0.05) is 24.7 Å². The van der Waals surface area contributed by atoms with E-state index in [0.29, 0.717) is 12.0 Å². The van der Waals surface area contributed by atoms with E-state index < -0.39 is 5.91 Å². The Hall–Kier alpha value is -2.89. The molecule has 0 saturated carbocycles. The summed E-state index contributed by atoms with van der Waals surface area (Å²) < 4.78 is 0. The average molecular weight is 306 g/mol. The van der Waals surface area contributed by atoms with Gasteiger partial charge in [0.1, 0.15) is 6.04 Å². The van der Waals surface area contributed by atoms with Crippen molar-refractivity contribution < 1.29 is 9.59 Å². The number of primary amides is 1. The summed E-state index contributed by atoms with van der Waals surface area (Å²) in [5.74, 6) is -0.454. The molecule has 1 aromatic carbocycles. The van der Waals surface area contributed by atoms with Crippen LogP contribution in [0.3, 0.4) is 0 Å². The molecule has 1 aliphatic heterocycles. The van der Waals surface area contributed by atoms with Crippen molar-refractivity contribution in [3.05, 3.63) is 53.3 Å². The maximum absolute atomic E-state index is 11.6. The zero-order chi connectivity index (χ0) is 16.0. The summed E-state index contributed by atoms with van der Waals surface area (Å²) in [6, 6.07) is 7.78. The number of pyridine rings is 1. The Morgan fingerprint density at radius 3 is 2.91 bits per heavy atom. The second-order valence-corrected chi connectivity index (χ2v) is 5.92. The van der Waals surface area contributed by atoms with E-state index in [2.05, 4.69) is 21.3 Å². The SMILES string of the molecule is NC(=O)c1cnccc1-c1ccc2c(c1)CC1CC(=O)N=NC21. The van der Waals surface area contributed by atoms with Crippen LogP contribution in [0.25, 0.3) is 11.1 Å². The Morgan fingerprint density at radius 2 is 2.09 bits per heavy atom. The third-order valence-electron chi connectivity index (χ3n) is 4.52. The molecule has 0 bridgehead atoms. The fourth-order valence-electron chi connectivity index (χ4n) is 3.46. The Bertz CT molecular complexity index is 859. The molecule has 0 spiro atoms. The van der Waals surface area contributed by atoms with Gasteiger partial charge >= 0.3 is 0 Å². The third-order valence-corrected chi connectivity index (χ3v) is 4.52. The average Bonchev–Trinajstić information content (AvgIpc) is 2.91. The van der Waals surface area contributed by atoms with Crippen LogP contribution >= 0.6 is 0 Å². The lowest BCUT2D eigenvalue weighted by Crippen LogP contribution is -2.14. The van der Waals surface area contributed by atoms with Crippen molar-refractivity contribution in [3.63, 3.8) is 0 Å². The first-order valence-corrected chi connectivity index (χ1v) is 7.44. The number of nitrogens with two attached hydrogens (primary N) is 1. The smallest absolute Gasteiger partial charge is 0.264 e. The molecule has 2 atom stereocenters. The summed E-state index contributed by atoms with van der Waals surface area (Å²) in [6.07, 6.45) is 4.37. The minimum absolute atomic E-state index is 0.0233. The summed E-state index contributed by atoms with van der Waals surface area (Å²) in [6.45, 7) is 0. The van der Waals surface area contributed by atoms with Gasteiger partial charge in [-0.15, -0.1) is 5.11 Å². The molecule has 1 aromatic heterocycles. The number of benzene rings is 1. The minimum Gasteiger partial charge on any atom is -0.366 e. The van der Waals surface area contributed by atoms with Crippen molar-refractivity contribution in [1.82, 2.24) is 4.98 Å². The van der Waals surface area contributed by atoms with E-state index in [9.17, 15) is 9.59 Å². The molecule has 1 aliphatic carbocycles. The van der Waals surface area contributed by atoms with Crippen molar-refractivity contribution in [3.8, 4) is 11.1 Å². The molecule has 2 heterocycles. The van der Waals surface area contributed by atoms with E-state index in [0.717, 1.165) is 28.7 Å². The number of azo groups is 1. The second-order valence-electron chi connectivity index (χ2n) is 5.92. The number of hydrogen-bond donors (Lipinski definition) is 1. The fraction of sp³-hybridized carbons (Fsp3) is 0.235. The van der Waals surface area contributed by atoms with Crippen LogP contribution in [-0.2, 0) is 11.2 Å². The quantitative estimate of drug-likeness (QED) is 0.922. The lowest BCUT2D eigenvalue weighted by atomic mass is 9.96. The molecule has 0 radical (unpaired) electrons. The number of carbonyl (C=O) groups excluding carboxylic acids is 2. The largest absolute Gasteiger partial charge is 0.366 e. The van der Waals surface area contributed by atoms with Gasteiger partial charge < -0.3 is 5.73 Å². The topological polar surface area (TPSA) is 97.8 Å². The van der Waals surface area contributed by atoms with Crippen LogP contribution in [0.15, 0.2) is 46.9 Å². The first kappa shape index (κ1) is 13.8. The molecule has 2 aromatic rings. The molecule has 2 aliphatic rings. The Kier molecular flexibility index (Phi) is 3.04. The number of nitrogens with zero attached hydrogens (tertiary/aromatic N) is 3. The molecule has 2 amide bonds. The molecule has 6 nitrogen and oxygen atoms in total. The van der Waals surface area contributed by atoms with E-state index >= 15 is 0 Å². The Morgan fingerprint density at radius 1 is 1.22 bits per heavy atom. The van der Waals surface area contributed by atoms with E-state index in [1.165, 1.54) is 6.20 Å². The van der Waals surface area contributed by atoms with Crippen molar-refractivity contribution in [1.29, 1.82) is 0 Å². The van der Waals surface area contributed by atoms with Gasteiger partial charge in [-0.2, -0.15) is 5.11 Å². The first-order valence-electron chi connectivity index (χ1n) is 7.44. The summed E-state index contributed by atoms with van der Waals surface area (Å²) in [5.41, 5.74) is 9.78. The van der Waals surface area contributed by atoms with Crippen LogP contribution in [0, 0.1) is 5.92 Å². The van der Waals surface area contributed by atoms with Gasteiger partial charge in [0.2, 0.25) is 0 Å². The number of amides is 2. The van der Waals surface area contributed by atoms with Gasteiger partial charge in [0.05, 0.1) is 5.56 Å². The van der Waals surface area contributed by atoms with Crippen LogP contribution in [-0.4, -0.2) is 16.8 Å². The van der Waals surface area contributed by atoms with Gasteiger partial charge in [0.25, 0.3) is 11.8 Å². The second kappa shape index (κ2) is 5.08. The number of hydrogen-bond acceptors (Lipinski definition) is 4. The van der Waals surface area contributed by atoms with Crippen LogP contribution in [0.5, 0.6) is 0 Å². The van der Waals surface area contributed by atoms with E-state index in [-0.39, 0.29) is 17.9 Å². The van der Waals surface area contributed by atoms with Crippen LogP contribution in [0.1, 0.15) is 33.9 Å². The highest BCUT2D eigenvalue weighted by Crippen LogP contribution is 2.44. The maximum atomic E-state index is 11.6. The zero-order valence-corrected chi connectivity index (χ0v) is 12.3. The zero-order valence-electron chi connectivity index (χ0n) is 12.3. The van der Waals surface area contributed by atoms with E-state index in [4.69, 9.17) is 5.73 Å². The van der Waals surface area contributed by atoms with Crippen LogP contribution in [0.2, 0.25) is 0 Å². The first-order chi connectivity index (χ1) is 11.1. The number of fused-ring (bicyclic) bond motifs is 3. The van der Waals surface area contributed by atoms with Gasteiger partial charge in [-0.25, -0.2) is 0 Å². The van der Waals surface area contributed by atoms with Crippen molar-refractivity contribution in [2.75, 3.05) is 0 Å². The molecule has 4 rings (SSSR count). The van der Waals surface area contributed by atoms with Crippen LogP contribution < -0.4 is 5.73 Å². The molecule has 0 fully saturated rings. The normalized spacial score (nSPS) is 21.8. The molecule has 114 valence electrons. The predicted molar refractivity (Wildman–Crippen MR) is 82.6 cm³/mol. The molecule has 0 saturated heterocycles. The molecule has 2 N–H and O–H groups in total. The van der Waals surface area contributed by atoms with Gasteiger partial charge in [-0.05, 0) is 34.7 Å². The molecule has 2 unspecified atom stereocenters. The molecule has 6 heteroatoms. The number of carbonyl (C=O) groups is 2. The fourth-order valence-corrected chi connectivity index (χ4v) is 3.46. The van der Waals surface area contributed by atoms with E-state index in [1.807, 2.05) is 12.1 Å². The summed E-state index contributed by atoms with van der Waals surface area (Å²) in [7, 11) is 0. The van der Waals surface area contributed by atoms with E-state index in [1.54, 1.807) is 12.3 Å². The molecular formula is C17H14N4O2. The standard InChI is InChI=1S/C17H14N4O2/c18-17(23)14-8-19-4-3-12(14)9-1-2-13-10(5-9)6-11-7-15(22)20-21-16(11)13/h1-5,8,11,16H,6-7H2,(H2,18,23). The molecular weight excluding hydrogens is 292 g/mol. The predicted octanol–water partition coefficient (Wildman–Crippen LogP) is 2.44. The minimum atomic E-state index is -0.498. The third kappa shape index (κ3) is 2.23. The summed E-state index contributed by atoms with van der Waals surface area (Å²) >= 11 is 0. The summed E-state index contributed by atoms with van der Waals surface area (Å²) in [4.78, 5) is 27.0. The Balaban J connectivity index is 1.77. The van der Waals surface area contributed by atoms with Gasteiger partial charge in [0.15, 0.2) is 0 Å². The number of rotatable bonds is 2. The maximum Gasteiger partial charge on any atom is 0.264 e. The Labute approximate surface area is 132 Å². The summed E-state index contributed by atoms with van der Waals surface area (Å²) in [5, 5.41) is 7.86. The van der Waals surface area contributed by atoms with Gasteiger partial charge in [-0.1, -0.05) is 18.2 Å². The van der Waals surface area contributed by atoms with Crippen molar-refractivity contribution in [2.45, 2.75) is 18.9 Å².